The van der Waals surface area contributed by atoms with E-state index in [4.69, 9.17) is 20.8 Å². The lowest BCUT2D eigenvalue weighted by atomic mass is 10.1. The average Bonchev–Trinajstić information content (AvgIpc) is 2.97. The molecule has 1 heterocycles. The molecule has 7 heteroatoms. The second-order valence-corrected chi connectivity index (χ2v) is 5.79. The van der Waals surface area contributed by atoms with Crippen molar-refractivity contribution in [2.24, 2.45) is 0 Å². The number of hydrogen-bond donors (Lipinski definition) is 0. The summed E-state index contributed by atoms with van der Waals surface area (Å²) in [7, 11) is 1.49. The van der Waals surface area contributed by atoms with Gasteiger partial charge in [0.15, 0.2) is 5.58 Å². The summed E-state index contributed by atoms with van der Waals surface area (Å²) in [6, 6.07) is 10.0. The number of oxazole rings is 1. The third-order valence-corrected chi connectivity index (χ3v) is 3.71. The van der Waals surface area contributed by atoms with Gasteiger partial charge in [0, 0.05) is 17.7 Å². The van der Waals surface area contributed by atoms with Crippen LogP contribution >= 0.6 is 11.6 Å². The molecule has 0 aliphatic carbocycles. The van der Waals surface area contributed by atoms with Crippen LogP contribution in [0.25, 0.3) is 22.7 Å². The molecule has 0 radical (unpaired) electrons. The Morgan fingerprint density at radius 2 is 2.04 bits per heavy atom. The molecule has 130 valence electrons. The Labute approximate surface area is 146 Å². The van der Waals surface area contributed by atoms with E-state index in [2.05, 4.69) is 4.98 Å². The normalized spacial score (nSPS) is 12.8. The standard InChI is InChI=1S/C18H13ClF3NO2/c1-24-10-12(7-11-3-2-4-13(8-11)18(20,21)22)17-23-15-9-14(19)5-6-16(15)25-17/h2-9H,10H2,1H3/b12-7+. The molecule has 25 heavy (non-hydrogen) atoms. The van der Waals surface area contributed by atoms with Crippen LogP contribution in [0.2, 0.25) is 5.02 Å². The van der Waals surface area contributed by atoms with E-state index >= 15 is 0 Å². The molecule has 0 spiro atoms. The summed E-state index contributed by atoms with van der Waals surface area (Å²) in [6.45, 7) is 0.136. The first kappa shape index (κ1) is 17.5. The van der Waals surface area contributed by atoms with Crippen LogP contribution in [0.5, 0.6) is 0 Å². The highest BCUT2D eigenvalue weighted by molar-refractivity contribution is 6.31. The molecule has 0 saturated heterocycles. The number of methoxy groups -OCH3 is 1. The summed E-state index contributed by atoms with van der Waals surface area (Å²) in [6.07, 6.45) is -2.84. The van der Waals surface area contributed by atoms with Gasteiger partial charge in [-0.25, -0.2) is 4.98 Å². The van der Waals surface area contributed by atoms with Crippen LogP contribution in [0.3, 0.4) is 0 Å². The zero-order chi connectivity index (χ0) is 18.0. The lowest BCUT2D eigenvalue weighted by Crippen LogP contribution is -2.04. The van der Waals surface area contributed by atoms with E-state index in [-0.39, 0.29) is 12.5 Å². The summed E-state index contributed by atoms with van der Waals surface area (Å²) in [5.41, 5.74) is 1.28. The molecule has 0 saturated carbocycles. The van der Waals surface area contributed by atoms with E-state index in [1.165, 1.54) is 13.2 Å². The Morgan fingerprint density at radius 1 is 1.24 bits per heavy atom. The van der Waals surface area contributed by atoms with Crippen LogP contribution in [0.1, 0.15) is 17.0 Å². The first-order valence-corrected chi connectivity index (χ1v) is 7.68. The minimum absolute atomic E-state index is 0.136. The number of hydrogen-bond acceptors (Lipinski definition) is 3. The summed E-state index contributed by atoms with van der Waals surface area (Å²) in [5.74, 6) is 0.275. The molecule has 0 atom stereocenters. The van der Waals surface area contributed by atoms with Crippen LogP contribution in [0.4, 0.5) is 13.2 Å². The van der Waals surface area contributed by atoms with Crippen LogP contribution < -0.4 is 0 Å². The number of ether oxygens (including phenoxy) is 1. The lowest BCUT2D eigenvalue weighted by Gasteiger charge is -2.08. The van der Waals surface area contributed by atoms with Crippen LogP contribution in [0.15, 0.2) is 46.9 Å². The Hall–Kier alpha value is -2.31. The zero-order valence-corrected chi connectivity index (χ0v) is 13.9. The van der Waals surface area contributed by atoms with Gasteiger partial charge in [0.1, 0.15) is 5.52 Å². The van der Waals surface area contributed by atoms with Crippen LogP contribution in [-0.2, 0) is 10.9 Å². The average molecular weight is 368 g/mol. The fraction of sp³-hybridized carbons (Fsp3) is 0.167. The zero-order valence-electron chi connectivity index (χ0n) is 13.1. The van der Waals surface area contributed by atoms with Crippen LogP contribution in [0, 0.1) is 0 Å². The van der Waals surface area contributed by atoms with Gasteiger partial charge in [-0.2, -0.15) is 13.2 Å². The maximum absolute atomic E-state index is 12.9. The van der Waals surface area contributed by atoms with E-state index in [0.717, 1.165) is 12.1 Å². The number of alkyl halides is 3. The Kier molecular flexibility index (Phi) is 4.83. The van der Waals surface area contributed by atoms with Gasteiger partial charge >= 0.3 is 6.18 Å². The molecular weight excluding hydrogens is 355 g/mol. The molecule has 0 bridgehead atoms. The molecule has 0 N–H and O–H groups in total. The summed E-state index contributed by atoms with van der Waals surface area (Å²) in [5, 5.41) is 0.516. The van der Waals surface area contributed by atoms with Crippen molar-refractivity contribution in [1.82, 2.24) is 4.98 Å². The highest BCUT2D eigenvalue weighted by Gasteiger charge is 2.30. The highest BCUT2D eigenvalue weighted by Crippen LogP contribution is 2.31. The first-order chi connectivity index (χ1) is 11.9. The first-order valence-electron chi connectivity index (χ1n) is 7.30. The van der Waals surface area contributed by atoms with Crippen molar-refractivity contribution in [3.05, 3.63) is 64.5 Å². The maximum atomic E-state index is 12.9. The molecule has 0 aliphatic heterocycles. The number of halogens is 4. The minimum Gasteiger partial charge on any atom is -0.436 e. The fourth-order valence-corrected chi connectivity index (χ4v) is 2.53. The Balaban J connectivity index is 2.04. The van der Waals surface area contributed by atoms with Crippen molar-refractivity contribution in [2.45, 2.75) is 6.18 Å². The van der Waals surface area contributed by atoms with Gasteiger partial charge in [-0.3, -0.25) is 0 Å². The fourth-order valence-electron chi connectivity index (χ4n) is 2.36. The van der Waals surface area contributed by atoms with Crippen molar-refractivity contribution in [3.8, 4) is 0 Å². The maximum Gasteiger partial charge on any atom is 0.416 e. The van der Waals surface area contributed by atoms with E-state index in [1.54, 1.807) is 30.3 Å². The number of aromatic nitrogens is 1. The second kappa shape index (κ2) is 6.90. The molecule has 0 fully saturated rings. The molecule has 0 aliphatic rings. The molecule has 3 nitrogen and oxygen atoms in total. The van der Waals surface area contributed by atoms with Crippen molar-refractivity contribution < 1.29 is 22.3 Å². The smallest absolute Gasteiger partial charge is 0.416 e. The SMILES string of the molecule is COC/C(=C\c1cccc(C(F)(F)F)c1)c1nc2cc(Cl)ccc2o1. The number of fused-ring (bicyclic) bond motifs is 1. The van der Waals surface area contributed by atoms with Crippen molar-refractivity contribution in [3.63, 3.8) is 0 Å². The summed E-state index contributed by atoms with van der Waals surface area (Å²) >= 11 is 5.93. The van der Waals surface area contributed by atoms with Crippen LogP contribution in [-0.4, -0.2) is 18.7 Å². The molecule has 0 amide bonds. The molecule has 2 aromatic carbocycles. The van der Waals surface area contributed by atoms with Gasteiger partial charge in [-0.15, -0.1) is 0 Å². The van der Waals surface area contributed by atoms with Crippen molar-refractivity contribution >= 4 is 34.3 Å². The summed E-state index contributed by atoms with van der Waals surface area (Å²) < 4.78 is 49.4. The Morgan fingerprint density at radius 3 is 2.76 bits per heavy atom. The molecular formula is C18H13ClF3NO2. The number of benzene rings is 2. The Bertz CT molecular complexity index is 931. The predicted octanol–water partition coefficient (Wildman–Crippen LogP) is 5.69. The van der Waals surface area contributed by atoms with Gasteiger partial charge in [0.2, 0.25) is 5.89 Å². The summed E-state index contributed by atoms with van der Waals surface area (Å²) in [4.78, 5) is 4.34. The predicted molar refractivity (Wildman–Crippen MR) is 90.2 cm³/mol. The monoisotopic (exact) mass is 367 g/mol. The largest absolute Gasteiger partial charge is 0.436 e. The second-order valence-electron chi connectivity index (χ2n) is 5.36. The van der Waals surface area contributed by atoms with Crippen molar-refractivity contribution in [1.29, 1.82) is 0 Å². The van der Waals surface area contributed by atoms with Gasteiger partial charge in [-0.1, -0.05) is 23.7 Å². The van der Waals surface area contributed by atoms with E-state index in [0.29, 0.717) is 27.3 Å². The van der Waals surface area contributed by atoms with E-state index in [1.807, 2.05) is 0 Å². The quantitative estimate of drug-likeness (QED) is 0.594. The third kappa shape index (κ3) is 4.03. The molecule has 0 unspecified atom stereocenters. The number of nitrogens with zero attached hydrogens (tertiary/aromatic N) is 1. The van der Waals surface area contributed by atoms with Crippen molar-refractivity contribution in [2.75, 3.05) is 13.7 Å². The highest BCUT2D eigenvalue weighted by atomic mass is 35.5. The van der Waals surface area contributed by atoms with Gasteiger partial charge in [0.25, 0.3) is 0 Å². The lowest BCUT2D eigenvalue weighted by molar-refractivity contribution is -0.137. The van der Waals surface area contributed by atoms with Gasteiger partial charge in [0.05, 0.1) is 12.2 Å². The molecule has 3 aromatic rings. The van der Waals surface area contributed by atoms with E-state index < -0.39 is 11.7 Å². The van der Waals surface area contributed by atoms with Gasteiger partial charge < -0.3 is 9.15 Å². The molecule has 1 aromatic heterocycles. The molecule has 3 rings (SSSR count). The third-order valence-electron chi connectivity index (χ3n) is 3.48. The van der Waals surface area contributed by atoms with Gasteiger partial charge in [-0.05, 0) is 42.0 Å². The number of rotatable bonds is 4. The van der Waals surface area contributed by atoms with E-state index in [9.17, 15) is 13.2 Å². The minimum atomic E-state index is -4.40. The topological polar surface area (TPSA) is 35.3 Å².